The highest BCUT2D eigenvalue weighted by molar-refractivity contribution is 5.69. The Morgan fingerprint density at radius 2 is 1.77 bits per heavy atom. The van der Waals surface area contributed by atoms with Gasteiger partial charge in [-0.1, -0.05) is 24.6 Å². The highest BCUT2D eigenvalue weighted by Gasteiger charge is 2.18. The second-order valence-corrected chi connectivity index (χ2v) is 7.47. The number of para-hydroxylation sites is 1. The van der Waals surface area contributed by atoms with Crippen LogP contribution in [0.5, 0.6) is 11.5 Å². The van der Waals surface area contributed by atoms with E-state index in [1.165, 1.54) is 18.6 Å². The van der Waals surface area contributed by atoms with E-state index in [-0.39, 0.29) is 32.2 Å². The fourth-order valence-corrected chi connectivity index (χ4v) is 3.62. The van der Waals surface area contributed by atoms with E-state index in [0.717, 1.165) is 31.2 Å². The summed E-state index contributed by atoms with van der Waals surface area (Å²) in [5, 5.41) is 0. The van der Waals surface area contributed by atoms with Gasteiger partial charge in [0.2, 0.25) is 0 Å². The SMILES string of the molecule is CCOC(=O)CCc1cc(F)c(OCc2ccccc2OC2CCCCC2)c(F)c1. The van der Waals surface area contributed by atoms with Gasteiger partial charge in [-0.25, -0.2) is 8.78 Å². The van der Waals surface area contributed by atoms with Crippen molar-refractivity contribution in [3.05, 3.63) is 59.2 Å². The Hall–Kier alpha value is -2.63. The summed E-state index contributed by atoms with van der Waals surface area (Å²) >= 11 is 0. The van der Waals surface area contributed by atoms with Gasteiger partial charge >= 0.3 is 5.97 Å². The lowest BCUT2D eigenvalue weighted by Crippen LogP contribution is -2.20. The number of halogens is 2. The summed E-state index contributed by atoms with van der Waals surface area (Å²) in [7, 11) is 0. The first-order valence-corrected chi connectivity index (χ1v) is 10.6. The number of rotatable bonds is 9. The Labute approximate surface area is 176 Å². The Bertz CT molecular complexity index is 824. The number of ether oxygens (including phenoxy) is 3. The molecule has 0 bridgehead atoms. The highest BCUT2D eigenvalue weighted by Crippen LogP contribution is 2.29. The summed E-state index contributed by atoms with van der Waals surface area (Å²) < 4.78 is 45.3. The normalized spacial score (nSPS) is 14.4. The van der Waals surface area contributed by atoms with Crippen molar-refractivity contribution >= 4 is 5.97 Å². The van der Waals surface area contributed by atoms with Crippen LogP contribution in [0.1, 0.15) is 56.6 Å². The monoisotopic (exact) mass is 418 g/mol. The van der Waals surface area contributed by atoms with E-state index < -0.39 is 23.4 Å². The van der Waals surface area contributed by atoms with E-state index in [4.69, 9.17) is 14.2 Å². The molecule has 0 aromatic heterocycles. The molecule has 0 amide bonds. The van der Waals surface area contributed by atoms with E-state index in [0.29, 0.717) is 11.3 Å². The van der Waals surface area contributed by atoms with Gasteiger partial charge in [0.05, 0.1) is 12.7 Å². The van der Waals surface area contributed by atoms with Crippen LogP contribution in [0.3, 0.4) is 0 Å². The topological polar surface area (TPSA) is 44.8 Å². The molecule has 1 aliphatic rings. The average molecular weight is 418 g/mol. The fraction of sp³-hybridized carbons (Fsp3) is 0.458. The van der Waals surface area contributed by atoms with Gasteiger partial charge in [0, 0.05) is 12.0 Å². The van der Waals surface area contributed by atoms with Crippen molar-refractivity contribution in [2.45, 2.75) is 64.6 Å². The predicted molar refractivity (Wildman–Crippen MR) is 110 cm³/mol. The maximum absolute atomic E-state index is 14.4. The summed E-state index contributed by atoms with van der Waals surface area (Å²) in [6, 6.07) is 9.81. The van der Waals surface area contributed by atoms with Crippen LogP contribution in [0, 0.1) is 11.6 Å². The molecule has 0 heterocycles. The molecular formula is C24H28F2O4. The van der Waals surface area contributed by atoms with Crippen molar-refractivity contribution < 1.29 is 27.8 Å². The molecule has 6 heteroatoms. The number of hydrogen-bond donors (Lipinski definition) is 0. The van der Waals surface area contributed by atoms with Crippen molar-refractivity contribution in [3.8, 4) is 11.5 Å². The van der Waals surface area contributed by atoms with Crippen LogP contribution in [0.25, 0.3) is 0 Å². The first-order chi connectivity index (χ1) is 14.6. The van der Waals surface area contributed by atoms with Gasteiger partial charge in [-0.15, -0.1) is 0 Å². The Kier molecular flexibility index (Phi) is 8.05. The largest absolute Gasteiger partial charge is 0.490 e. The summed E-state index contributed by atoms with van der Waals surface area (Å²) in [5.74, 6) is -1.72. The van der Waals surface area contributed by atoms with Crippen molar-refractivity contribution in [1.29, 1.82) is 0 Å². The first-order valence-electron chi connectivity index (χ1n) is 10.6. The standard InChI is InChI=1S/C24H28F2O4/c1-2-28-23(27)13-12-17-14-20(25)24(21(26)15-17)29-16-18-8-6-7-11-22(18)30-19-9-4-3-5-10-19/h6-8,11,14-15,19H,2-5,9-10,12-13,16H2,1H3. The molecule has 1 fully saturated rings. The van der Waals surface area contributed by atoms with Gasteiger partial charge < -0.3 is 14.2 Å². The van der Waals surface area contributed by atoms with Crippen molar-refractivity contribution in [2.24, 2.45) is 0 Å². The lowest BCUT2D eigenvalue weighted by atomic mass is 9.98. The minimum absolute atomic E-state index is 0.00109. The smallest absolute Gasteiger partial charge is 0.306 e. The van der Waals surface area contributed by atoms with Gasteiger partial charge in [-0.05, 0) is 62.8 Å². The third kappa shape index (κ3) is 6.18. The van der Waals surface area contributed by atoms with Crippen LogP contribution in [-0.2, 0) is 22.6 Å². The predicted octanol–water partition coefficient (Wildman–Crippen LogP) is 5.75. The van der Waals surface area contributed by atoms with E-state index in [9.17, 15) is 13.6 Å². The molecule has 2 aromatic rings. The number of carbonyl (C=O) groups excluding carboxylic acids is 1. The zero-order chi connectivity index (χ0) is 21.3. The molecule has 0 radical (unpaired) electrons. The molecule has 0 spiro atoms. The van der Waals surface area contributed by atoms with Crippen LogP contribution in [-0.4, -0.2) is 18.7 Å². The van der Waals surface area contributed by atoms with Gasteiger partial charge in [-0.2, -0.15) is 0 Å². The quantitative estimate of drug-likeness (QED) is 0.486. The van der Waals surface area contributed by atoms with Crippen LogP contribution >= 0.6 is 0 Å². The number of carbonyl (C=O) groups is 1. The molecular weight excluding hydrogens is 390 g/mol. The van der Waals surface area contributed by atoms with E-state index in [1.807, 2.05) is 24.3 Å². The Morgan fingerprint density at radius 1 is 1.07 bits per heavy atom. The zero-order valence-corrected chi connectivity index (χ0v) is 17.3. The summed E-state index contributed by atoms with van der Waals surface area (Å²) in [6.45, 7) is 1.99. The molecule has 162 valence electrons. The third-order valence-electron chi connectivity index (χ3n) is 5.17. The van der Waals surface area contributed by atoms with Gasteiger partial charge in [-0.3, -0.25) is 4.79 Å². The van der Waals surface area contributed by atoms with Gasteiger partial charge in [0.15, 0.2) is 17.4 Å². The third-order valence-corrected chi connectivity index (χ3v) is 5.17. The molecule has 4 nitrogen and oxygen atoms in total. The second-order valence-electron chi connectivity index (χ2n) is 7.47. The number of hydrogen-bond acceptors (Lipinski definition) is 4. The molecule has 3 rings (SSSR count). The van der Waals surface area contributed by atoms with Gasteiger partial charge in [0.25, 0.3) is 0 Å². The van der Waals surface area contributed by atoms with Crippen molar-refractivity contribution in [3.63, 3.8) is 0 Å². The lowest BCUT2D eigenvalue weighted by Gasteiger charge is -2.24. The first kappa shape index (κ1) is 22.1. The van der Waals surface area contributed by atoms with Crippen LogP contribution < -0.4 is 9.47 Å². The summed E-state index contributed by atoms with van der Waals surface area (Å²) in [4.78, 5) is 11.4. The number of aryl methyl sites for hydroxylation is 1. The summed E-state index contributed by atoms with van der Waals surface area (Å²) in [6.07, 6.45) is 6.03. The maximum atomic E-state index is 14.4. The van der Waals surface area contributed by atoms with E-state index >= 15 is 0 Å². The minimum atomic E-state index is -0.792. The van der Waals surface area contributed by atoms with E-state index in [2.05, 4.69) is 0 Å². The zero-order valence-electron chi connectivity index (χ0n) is 17.3. The van der Waals surface area contributed by atoms with Gasteiger partial charge in [0.1, 0.15) is 12.4 Å². The lowest BCUT2D eigenvalue weighted by molar-refractivity contribution is -0.143. The van der Waals surface area contributed by atoms with Crippen molar-refractivity contribution in [2.75, 3.05) is 6.61 Å². The molecule has 0 unspecified atom stereocenters. The minimum Gasteiger partial charge on any atom is -0.490 e. The average Bonchev–Trinajstić information content (AvgIpc) is 2.74. The Balaban J connectivity index is 1.63. The summed E-state index contributed by atoms with van der Waals surface area (Å²) in [5.41, 5.74) is 1.12. The number of benzene rings is 2. The highest BCUT2D eigenvalue weighted by atomic mass is 19.1. The molecule has 0 N–H and O–H groups in total. The van der Waals surface area contributed by atoms with E-state index in [1.54, 1.807) is 6.92 Å². The Morgan fingerprint density at radius 3 is 2.47 bits per heavy atom. The van der Waals surface area contributed by atoms with Crippen LogP contribution in [0.15, 0.2) is 36.4 Å². The molecule has 2 aromatic carbocycles. The molecule has 0 saturated heterocycles. The van der Waals surface area contributed by atoms with Crippen LogP contribution in [0.2, 0.25) is 0 Å². The molecule has 1 aliphatic carbocycles. The number of esters is 1. The fourth-order valence-electron chi connectivity index (χ4n) is 3.62. The van der Waals surface area contributed by atoms with Crippen molar-refractivity contribution in [1.82, 2.24) is 0 Å². The molecule has 1 saturated carbocycles. The van der Waals surface area contributed by atoms with Crippen LogP contribution in [0.4, 0.5) is 8.78 Å². The molecule has 0 atom stereocenters. The second kappa shape index (κ2) is 11.0. The maximum Gasteiger partial charge on any atom is 0.306 e. The molecule has 0 aliphatic heterocycles. The molecule has 30 heavy (non-hydrogen) atoms.